The molecule has 0 fully saturated rings. The molecule has 0 N–H and O–H groups in total. The largest absolute Gasteiger partial charge is 0.461 e. The van der Waals surface area contributed by atoms with E-state index in [-0.39, 0.29) is 0 Å². The van der Waals surface area contributed by atoms with Crippen LogP contribution in [0.15, 0.2) is 24.3 Å². The molecule has 0 unspecified atom stereocenters. The van der Waals surface area contributed by atoms with Crippen molar-refractivity contribution in [2.45, 2.75) is 64.0 Å². The van der Waals surface area contributed by atoms with Gasteiger partial charge in [0, 0.05) is 5.56 Å². The van der Waals surface area contributed by atoms with E-state index in [2.05, 4.69) is 6.92 Å². The fourth-order valence-corrected chi connectivity index (χ4v) is 2.24. The molecule has 0 radical (unpaired) electrons. The molecule has 0 heterocycles. The normalized spacial score (nSPS) is 12.4. The summed E-state index contributed by atoms with van der Waals surface area (Å²) in [7, 11) is 0. The first kappa shape index (κ1) is 19.6. The summed E-state index contributed by atoms with van der Waals surface area (Å²) < 4.78 is 62.5. The van der Waals surface area contributed by atoms with Crippen LogP contribution < -0.4 is 0 Å². The standard InChI is InChI=1S/C17H21F5O/c1-2-3-4-5-6-7-8-13-9-11-14(12-10-13)15(23)16(18,19)17(20,21)22/h9-12H,2-8H2,1H3. The van der Waals surface area contributed by atoms with Crippen molar-refractivity contribution >= 4 is 5.78 Å². The number of Topliss-reactive ketones (excluding diaryl/α,β-unsaturated/α-hetero) is 1. The van der Waals surface area contributed by atoms with Crippen molar-refractivity contribution in [3.63, 3.8) is 0 Å². The molecule has 6 heteroatoms. The van der Waals surface area contributed by atoms with E-state index in [4.69, 9.17) is 0 Å². The molecule has 0 bridgehead atoms. The number of ketones is 1. The summed E-state index contributed by atoms with van der Waals surface area (Å²) in [6.07, 6.45) is 1.49. The monoisotopic (exact) mass is 336 g/mol. The predicted octanol–water partition coefficient (Wildman–Crippen LogP) is 5.97. The summed E-state index contributed by atoms with van der Waals surface area (Å²) in [5.74, 6) is -7.57. The van der Waals surface area contributed by atoms with Crippen LogP contribution in [0.25, 0.3) is 0 Å². The van der Waals surface area contributed by atoms with Gasteiger partial charge in [-0.2, -0.15) is 22.0 Å². The third-order valence-electron chi connectivity index (χ3n) is 3.68. The molecule has 0 aromatic heterocycles. The molecule has 0 aliphatic heterocycles. The Labute approximate surface area is 132 Å². The summed E-state index contributed by atoms with van der Waals surface area (Å²) in [5, 5.41) is 0. The number of unbranched alkanes of at least 4 members (excludes halogenated alkanes) is 5. The number of aryl methyl sites for hydroxylation is 1. The van der Waals surface area contributed by atoms with E-state index in [1.165, 1.54) is 25.0 Å². The maximum atomic E-state index is 13.0. The fourth-order valence-electron chi connectivity index (χ4n) is 2.24. The van der Waals surface area contributed by atoms with Gasteiger partial charge in [-0.05, 0) is 18.4 Å². The van der Waals surface area contributed by atoms with E-state index in [1.807, 2.05) is 0 Å². The minimum absolute atomic E-state index is 0.626. The summed E-state index contributed by atoms with van der Waals surface area (Å²) in [5.41, 5.74) is 0.200. The minimum Gasteiger partial charge on any atom is -0.287 e. The number of benzene rings is 1. The van der Waals surface area contributed by atoms with Gasteiger partial charge in [0.1, 0.15) is 0 Å². The van der Waals surface area contributed by atoms with Crippen LogP contribution in [0.4, 0.5) is 22.0 Å². The highest BCUT2D eigenvalue weighted by atomic mass is 19.4. The first-order valence-electron chi connectivity index (χ1n) is 7.78. The zero-order valence-electron chi connectivity index (χ0n) is 13.1. The Morgan fingerprint density at radius 1 is 0.870 bits per heavy atom. The van der Waals surface area contributed by atoms with Crippen LogP contribution in [-0.2, 0) is 6.42 Å². The molecule has 1 aromatic rings. The van der Waals surface area contributed by atoms with Crippen molar-refractivity contribution in [2.75, 3.05) is 0 Å². The van der Waals surface area contributed by atoms with E-state index >= 15 is 0 Å². The first-order chi connectivity index (χ1) is 10.7. The summed E-state index contributed by atoms with van der Waals surface area (Å²) in [6, 6.07) is 4.94. The number of halogens is 5. The first-order valence-corrected chi connectivity index (χ1v) is 7.78. The lowest BCUT2D eigenvalue weighted by molar-refractivity contribution is -0.255. The lowest BCUT2D eigenvalue weighted by atomic mass is 10.0. The van der Waals surface area contributed by atoms with Crippen molar-refractivity contribution in [3.8, 4) is 0 Å². The molecule has 0 aliphatic rings. The Kier molecular flexibility index (Phi) is 7.16. The lowest BCUT2D eigenvalue weighted by Gasteiger charge is -2.18. The van der Waals surface area contributed by atoms with Crippen LogP contribution >= 0.6 is 0 Å². The van der Waals surface area contributed by atoms with Crippen LogP contribution in [0.3, 0.4) is 0 Å². The number of carbonyl (C=O) groups excluding carboxylic acids is 1. The maximum Gasteiger partial charge on any atom is 0.461 e. The molecule has 0 spiro atoms. The highest BCUT2D eigenvalue weighted by Gasteiger charge is 2.63. The molecule has 0 saturated carbocycles. The second-order valence-electron chi connectivity index (χ2n) is 5.62. The maximum absolute atomic E-state index is 13.0. The van der Waals surface area contributed by atoms with E-state index < -0.39 is 23.4 Å². The number of hydrogen-bond donors (Lipinski definition) is 0. The Balaban J connectivity index is 2.55. The van der Waals surface area contributed by atoms with Crippen molar-refractivity contribution in [1.82, 2.24) is 0 Å². The average Bonchev–Trinajstić information content (AvgIpc) is 2.49. The molecule has 1 nitrogen and oxygen atoms in total. The van der Waals surface area contributed by atoms with E-state index in [0.29, 0.717) is 0 Å². The average molecular weight is 336 g/mol. The number of rotatable bonds is 9. The van der Waals surface area contributed by atoms with Gasteiger partial charge < -0.3 is 0 Å². The highest BCUT2D eigenvalue weighted by Crippen LogP contribution is 2.37. The molecule has 0 saturated heterocycles. The molecule has 0 amide bonds. The van der Waals surface area contributed by atoms with Crippen molar-refractivity contribution in [1.29, 1.82) is 0 Å². The SMILES string of the molecule is CCCCCCCCc1ccc(C(=O)C(F)(F)C(F)(F)F)cc1. The zero-order chi connectivity index (χ0) is 17.5. The van der Waals surface area contributed by atoms with Crippen LogP contribution in [0.5, 0.6) is 0 Å². The molecule has 0 atom stereocenters. The Bertz CT molecular complexity index is 491. The highest BCUT2D eigenvalue weighted by molar-refractivity contribution is 6.01. The second-order valence-corrected chi connectivity index (χ2v) is 5.62. The number of alkyl halides is 5. The molecule has 1 aromatic carbocycles. The van der Waals surface area contributed by atoms with Gasteiger partial charge in [0.15, 0.2) is 0 Å². The van der Waals surface area contributed by atoms with Gasteiger partial charge in [-0.3, -0.25) is 4.79 Å². The molecule has 0 aliphatic carbocycles. The van der Waals surface area contributed by atoms with Gasteiger partial charge in [-0.25, -0.2) is 0 Å². The third kappa shape index (κ3) is 5.59. The van der Waals surface area contributed by atoms with Gasteiger partial charge in [0.05, 0.1) is 0 Å². The molecular weight excluding hydrogens is 315 g/mol. The molecule has 23 heavy (non-hydrogen) atoms. The topological polar surface area (TPSA) is 17.1 Å². The van der Waals surface area contributed by atoms with E-state index in [0.717, 1.165) is 49.8 Å². The van der Waals surface area contributed by atoms with Crippen LogP contribution in [-0.4, -0.2) is 17.9 Å². The Morgan fingerprint density at radius 3 is 1.91 bits per heavy atom. The third-order valence-corrected chi connectivity index (χ3v) is 3.68. The smallest absolute Gasteiger partial charge is 0.287 e. The summed E-state index contributed by atoms with van der Waals surface area (Å²) in [6.45, 7) is 2.13. The van der Waals surface area contributed by atoms with Crippen molar-refractivity contribution in [2.24, 2.45) is 0 Å². The van der Waals surface area contributed by atoms with Gasteiger partial charge in [0.25, 0.3) is 0 Å². The van der Waals surface area contributed by atoms with Gasteiger partial charge in [-0.15, -0.1) is 0 Å². The van der Waals surface area contributed by atoms with E-state index in [1.54, 1.807) is 0 Å². The Hall–Kier alpha value is -1.46. The lowest BCUT2D eigenvalue weighted by Crippen LogP contribution is -2.44. The van der Waals surface area contributed by atoms with Crippen LogP contribution in [0, 0.1) is 0 Å². The Morgan fingerprint density at radius 2 is 1.39 bits per heavy atom. The molecule has 1 rings (SSSR count). The predicted molar refractivity (Wildman–Crippen MR) is 78.9 cm³/mol. The van der Waals surface area contributed by atoms with Gasteiger partial charge in [0.2, 0.25) is 5.78 Å². The number of carbonyl (C=O) groups is 1. The molecule has 130 valence electrons. The van der Waals surface area contributed by atoms with Crippen LogP contribution in [0.1, 0.15) is 61.4 Å². The molecular formula is C17H21F5O. The van der Waals surface area contributed by atoms with Gasteiger partial charge >= 0.3 is 12.1 Å². The van der Waals surface area contributed by atoms with E-state index in [9.17, 15) is 26.7 Å². The quantitative estimate of drug-likeness (QED) is 0.308. The van der Waals surface area contributed by atoms with Crippen molar-refractivity contribution in [3.05, 3.63) is 35.4 Å². The summed E-state index contributed by atoms with van der Waals surface area (Å²) >= 11 is 0. The minimum atomic E-state index is -5.87. The summed E-state index contributed by atoms with van der Waals surface area (Å²) in [4.78, 5) is 11.3. The van der Waals surface area contributed by atoms with Crippen LogP contribution in [0.2, 0.25) is 0 Å². The van der Waals surface area contributed by atoms with Crippen molar-refractivity contribution < 1.29 is 26.7 Å². The number of hydrogen-bond acceptors (Lipinski definition) is 1. The second kappa shape index (κ2) is 8.41. The zero-order valence-corrected chi connectivity index (χ0v) is 13.1. The fraction of sp³-hybridized carbons (Fsp3) is 0.588. The van der Waals surface area contributed by atoms with Gasteiger partial charge in [-0.1, -0.05) is 63.3 Å².